The van der Waals surface area contributed by atoms with E-state index in [2.05, 4.69) is 5.32 Å². The maximum atomic E-state index is 11.9. The van der Waals surface area contributed by atoms with Gasteiger partial charge in [-0.25, -0.2) is 4.79 Å². The average Bonchev–Trinajstić information content (AvgIpc) is 2.57. The van der Waals surface area contributed by atoms with Gasteiger partial charge in [0.05, 0.1) is 4.88 Å². The lowest BCUT2D eigenvalue weighted by atomic mass is 10.0. The third-order valence-electron chi connectivity index (χ3n) is 2.70. The molecule has 0 unspecified atom stereocenters. The van der Waals surface area contributed by atoms with Crippen molar-refractivity contribution in [3.63, 3.8) is 0 Å². The van der Waals surface area contributed by atoms with E-state index >= 15 is 0 Å². The Kier molecular flexibility index (Phi) is 4.90. The largest absolute Gasteiger partial charge is 0.480 e. The molecule has 4 nitrogen and oxygen atoms in total. The number of carboxylic acids is 1. The molecule has 0 aliphatic heterocycles. The molecule has 1 aromatic heterocycles. The van der Waals surface area contributed by atoms with Gasteiger partial charge in [0.25, 0.3) is 5.91 Å². The molecule has 1 atom stereocenters. The normalized spacial score (nSPS) is 12.5. The Morgan fingerprint density at radius 1 is 1.39 bits per heavy atom. The Morgan fingerprint density at radius 3 is 2.39 bits per heavy atom. The van der Waals surface area contributed by atoms with E-state index in [-0.39, 0.29) is 11.8 Å². The van der Waals surface area contributed by atoms with Gasteiger partial charge in [0.15, 0.2) is 0 Å². The second-order valence-electron chi connectivity index (χ2n) is 4.84. The van der Waals surface area contributed by atoms with Gasteiger partial charge >= 0.3 is 5.97 Å². The molecule has 0 bridgehead atoms. The fourth-order valence-corrected chi connectivity index (χ4v) is 2.54. The van der Waals surface area contributed by atoms with Gasteiger partial charge in [-0.2, -0.15) is 0 Å². The number of aliphatic carboxylic acids is 1. The van der Waals surface area contributed by atoms with Crippen molar-refractivity contribution >= 4 is 23.2 Å². The summed E-state index contributed by atoms with van der Waals surface area (Å²) < 4.78 is 0. The minimum atomic E-state index is -0.984. The first-order valence-electron chi connectivity index (χ1n) is 5.92. The number of hydrogen-bond donors (Lipinski definition) is 2. The van der Waals surface area contributed by atoms with Crippen LogP contribution in [0.2, 0.25) is 0 Å². The van der Waals surface area contributed by atoms with Gasteiger partial charge in [-0.3, -0.25) is 4.79 Å². The molecule has 0 saturated heterocycles. The highest BCUT2D eigenvalue weighted by atomic mass is 32.1. The van der Waals surface area contributed by atoms with Crippen LogP contribution in [0.5, 0.6) is 0 Å². The van der Waals surface area contributed by atoms with Crippen LogP contribution < -0.4 is 5.32 Å². The smallest absolute Gasteiger partial charge is 0.326 e. The van der Waals surface area contributed by atoms with Crippen LogP contribution in [0.1, 0.15) is 40.4 Å². The van der Waals surface area contributed by atoms with Gasteiger partial charge in [-0.15, -0.1) is 11.3 Å². The van der Waals surface area contributed by atoms with Crippen molar-refractivity contribution in [2.75, 3.05) is 0 Å². The number of amides is 1. The molecule has 1 heterocycles. The molecule has 1 rings (SSSR count). The average molecular weight is 269 g/mol. The number of carboxylic acid groups (broad SMARTS) is 1. The molecule has 0 fully saturated rings. The SMILES string of the molecule is Cc1cc(C(=O)N[C@H](CC(C)C)C(=O)O)sc1C. The van der Waals surface area contributed by atoms with Crippen molar-refractivity contribution in [3.8, 4) is 0 Å². The van der Waals surface area contributed by atoms with Crippen LogP contribution in [0.4, 0.5) is 0 Å². The second kappa shape index (κ2) is 6.00. The Bertz CT molecular complexity index is 432. The van der Waals surface area contributed by atoms with Crippen LogP contribution >= 0.6 is 11.3 Å². The maximum Gasteiger partial charge on any atom is 0.326 e. The Hall–Kier alpha value is -1.36. The summed E-state index contributed by atoms with van der Waals surface area (Å²) in [6, 6.07) is 0.976. The second-order valence-corrected chi connectivity index (χ2v) is 6.10. The first kappa shape index (κ1) is 14.7. The number of rotatable bonds is 5. The lowest BCUT2D eigenvalue weighted by Crippen LogP contribution is -2.41. The van der Waals surface area contributed by atoms with Gasteiger partial charge < -0.3 is 10.4 Å². The number of carbonyl (C=O) groups excluding carboxylic acids is 1. The Labute approximate surface area is 111 Å². The molecule has 0 aromatic carbocycles. The lowest BCUT2D eigenvalue weighted by Gasteiger charge is -2.15. The highest BCUT2D eigenvalue weighted by molar-refractivity contribution is 7.14. The van der Waals surface area contributed by atoms with E-state index in [0.717, 1.165) is 10.4 Å². The van der Waals surface area contributed by atoms with Gasteiger partial charge in [0, 0.05) is 4.88 Å². The zero-order chi connectivity index (χ0) is 13.9. The van der Waals surface area contributed by atoms with Crippen molar-refractivity contribution in [2.45, 2.75) is 40.2 Å². The fraction of sp³-hybridized carbons (Fsp3) is 0.538. The van der Waals surface area contributed by atoms with Crippen molar-refractivity contribution in [1.29, 1.82) is 0 Å². The predicted octanol–water partition coefficient (Wildman–Crippen LogP) is 2.59. The Balaban J connectivity index is 2.75. The summed E-state index contributed by atoms with van der Waals surface area (Å²) in [6.07, 6.45) is 0.435. The highest BCUT2D eigenvalue weighted by Gasteiger charge is 2.22. The molecule has 0 radical (unpaired) electrons. The van der Waals surface area contributed by atoms with Crippen molar-refractivity contribution in [3.05, 3.63) is 21.4 Å². The van der Waals surface area contributed by atoms with Crippen LogP contribution in [0.3, 0.4) is 0 Å². The predicted molar refractivity (Wildman–Crippen MR) is 72.1 cm³/mol. The van der Waals surface area contributed by atoms with Crippen LogP contribution in [-0.2, 0) is 4.79 Å². The van der Waals surface area contributed by atoms with Crippen molar-refractivity contribution in [2.24, 2.45) is 5.92 Å². The molecule has 100 valence electrons. The third kappa shape index (κ3) is 3.84. The molecule has 2 N–H and O–H groups in total. The summed E-state index contributed by atoms with van der Waals surface area (Å²) in [5.74, 6) is -1.07. The zero-order valence-corrected chi connectivity index (χ0v) is 11.9. The molecular weight excluding hydrogens is 250 g/mol. The minimum Gasteiger partial charge on any atom is -0.480 e. The Morgan fingerprint density at radius 2 is 2.00 bits per heavy atom. The molecule has 18 heavy (non-hydrogen) atoms. The summed E-state index contributed by atoms with van der Waals surface area (Å²) in [4.78, 5) is 24.7. The molecule has 1 aromatic rings. The van der Waals surface area contributed by atoms with E-state index in [4.69, 9.17) is 5.11 Å². The first-order valence-corrected chi connectivity index (χ1v) is 6.73. The van der Waals surface area contributed by atoms with E-state index < -0.39 is 12.0 Å². The monoisotopic (exact) mass is 269 g/mol. The van der Waals surface area contributed by atoms with Crippen LogP contribution in [0.15, 0.2) is 6.07 Å². The van der Waals surface area contributed by atoms with Gasteiger partial charge in [-0.05, 0) is 37.8 Å². The molecule has 1 amide bonds. The van der Waals surface area contributed by atoms with E-state index in [9.17, 15) is 9.59 Å². The van der Waals surface area contributed by atoms with Crippen LogP contribution in [0, 0.1) is 19.8 Å². The molecular formula is C13H19NO3S. The highest BCUT2D eigenvalue weighted by Crippen LogP contribution is 2.20. The number of nitrogens with one attached hydrogen (secondary N) is 1. The zero-order valence-electron chi connectivity index (χ0n) is 11.1. The standard InChI is InChI=1S/C13H19NO3S/c1-7(2)5-10(13(16)17)14-12(15)11-6-8(3)9(4)18-11/h6-7,10H,5H2,1-4H3,(H,14,15)(H,16,17)/t10-/m1/s1. The quantitative estimate of drug-likeness (QED) is 0.863. The number of aryl methyl sites for hydroxylation is 2. The molecule has 0 spiro atoms. The first-order chi connectivity index (χ1) is 8.31. The van der Waals surface area contributed by atoms with E-state index in [0.29, 0.717) is 11.3 Å². The molecule has 0 saturated carbocycles. The van der Waals surface area contributed by atoms with Gasteiger partial charge in [0.2, 0.25) is 0 Å². The van der Waals surface area contributed by atoms with E-state index in [1.807, 2.05) is 27.7 Å². The van der Waals surface area contributed by atoms with E-state index in [1.54, 1.807) is 6.07 Å². The number of thiophene rings is 1. The van der Waals surface area contributed by atoms with Crippen LogP contribution in [-0.4, -0.2) is 23.0 Å². The van der Waals surface area contributed by atoms with Crippen LogP contribution in [0.25, 0.3) is 0 Å². The number of hydrogen-bond acceptors (Lipinski definition) is 3. The minimum absolute atomic E-state index is 0.221. The van der Waals surface area contributed by atoms with E-state index in [1.165, 1.54) is 11.3 Å². The topological polar surface area (TPSA) is 66.4 Å². The summed E-state index contributed by atoms with van der Waals surface area (Å²) in [5, 5.41) is 11.6. The van der Waals surface area contributed by atoms with Gasteiger partial charge in [-0.1, -0.05) is 13.8 Å². The third-order valence-corrected chi connectivity index (χ3v) is 3.85. The molecule has 0 aliphatic carbocycles. The summed E-state index contributed by atoms with van der Waals surface area (Å²) in [7, 11) is 0. The van der Waals surface area contributed by atoms with Gasteiger partial charge in [0.1, 0.15) is 6.04 Å². The summed E-state index contributed by atoms with van der Waals surface area (Å²) >= 11 is 1.39. The summed E-state index contributed by atoms with van der Waals surface area (Å²) in [5.41, 5.74) is 1.06. The van der Waals surface area contributed by atoms with Crippen molar-refractivity contribution < 1.29 is 14.7 Å². The molecule has 5 heteroatoms. The lowest BCUT2D eigenvalue weighted by molar-refractivity contribution is -0.139. The maximum absolute atomic E-state index is 11.9. The summed E-state index contributed by atoms with van der Waals surface area (Å²) in [6.45, 7) is 7.74. The van der Waals surface area contributed by atoms with Crippen molar-refractivity contribution in [1.82, 2.24) is 5.32 Å². The molecule has 0 aliphatic rings. The fourth-order valence-electron chi connectivity index (χ4n) is 1.61. The number of carbonyl (C=O) groups is 2.